The Bertz CT molecular complexity index is 517. The maximum absolute atomic E-state index is 2.54. The number of rotatable bonds is 10. The van der Waals surface area contributed by atoms with Crippen LogP contribution in [0.25, 0.3) is 0 Å². The Balaban J connectivity index is 0. The molecule has 166 valence electrons. The molecule has 5 heteroatoms. The molecule has 0 aromatic heterocycles. The van der Waals surface area contributed by atoms with E-state index >= 15 is 0 Å². The molecule has 0 N–H and O–H groups in total. The van der Waals surface area contributed by atoms with Gasteiger partial charge < -0.3 is 0 Å². The van der Waals surface area contributed by atoms with Gasteiger partial charge in [-0.25, -0.2) is 0 Å². The SMILES string of the molecule is CC(C)[N]([InH2])C(C)C.CCCCC1=[C]([Zr][C]2=C(CCCC)C=CC2)CC=C1.Cl.Cl. The molecule has 0 radical (unpaired) electrons. The van der Waals surface area contributed by atoms with Crippen LogP contribution >= 0.6 is 24.8 Å². The van der Waals surface area contributed by atoms with E-state index in [-0.39, 0.29) is 24.8 Å². The molecule has 0 bridgehead atoms. The third kappa shape index (κ3) is 12.8. The largest absolute Gasteiger partial charge is 0.147 e. The monoisotopic (exact) mass is 621 g/mol. The van der Waals surface area contributed by atoms with E-state index in [1.54, 1.807) is 11.1 Å². The summed E-state index contributed by atoms with van der Waals surface area (Å²) in [6.07, 6.45) is 20.2. The molecule has 0 heterocycles. The zero-order valence-electron chi connectivity index (χ0n) is 19.9. The van der Waals surface area contributed by atoms with Crippen molar-refractivity contribution >= 4 is 49.5 Å². The zero-order valence-corrected chi connectivity index (χ0v) is 29.7. The first-order valence-electron chi connectivity index (χ1n) is 11.2. The minimum absolute atomic E-state index is 0. The van der Waals surface area contributed by atoms with E-state index in [1.165, 1.54) is 51.4 Å². The number of hydrogen-bond donors (Lipinski definition) is 0. The Morgan fingerprint density at radius 2 is 1.21 bits per heavy atom. The maximum atomic E-state index is 2.54. The third-order valence-corrected chi connectivity index (χ3v) is 15.5. The van der Waals surface area contributed by atoms with Gasteiger partial charge in [-0.1, -0.05) is 0 Å². The fraction of sp³-hybridized carbons (Fsp3) is 0.667. The van der Waals surface area contributed by atoms with Crippen LogP contribution in [0.15, 0.2) is 42.0 Å². The van der Waals surface area contributed by atoms with Crippen molar-refractivity contribution in [3.8, 4) is 0 Å². The second-order valence-electron chi connectivity index (χ2n) is 8.41. The molecule has 1 nitrogen and oxygen atoms in total. The van der Waals surface area contributed by atoms with Crippen LogP contribution < -0.4 is 0 Å². The predicted molar refractivity (Wildman–Crippen MR) is 136 cm³/mol. The van der Waals surface area contributed by atoms with Crippen molar-refractivity contribution in [2.45, 2.75) is 105 Å². The summed E-state index contributed by atoms with van der Waals surface area (Å²) in [5.41, 5.74) is 3.42. The molecule has 0 fully saturated rings. The van der Waals surface area contributed by atoms with Gasteiger partial charge in [0.1, 0.15) is 0 Å². The molecule has 0 saturated carbocycles. The Morgan fingerprint density at radius 1 is 0.828 bits per heavy atom. The average molecular weight is 624 g/mol. The van der Waals surface area contributed by atoms with Gasteiger partial charge in [-0.2, -0.15) is 0 Å². The van der Waals surface area contributed by atoms with Gasteiger partial charge in [0.25, 0.3) is 0 Å². The maximum Gasteiger partial charge on any atom is -0.147 e. The van der Waals surface area contributed by atoms with Crippen molar-refractivity contribution in [1.29, 1.82) is 0 Å². The summed E-state index contributed by atoms with van der Waals surface area (Å²) in [5, 5.41) is 0. The third-order valence-electron chi connectivity index (χ3n) is 5.59. The standard InChI is InChI=1S/2C9H13.C6H14N.2ClH.In.Zr.2H/c2*1-2-3-6-9-7-4-5-8-9;1-5(2)7-6(3)4;;;;;;/h2*4,7H,2-3,5-6H2,1H3;5-6H,1-4H3;2*1H;;;;/q;;-1;;;+1;;;. The Kier molecular flexibility index (Phi) is 21.0. The van der Waals surface area contributed by atoms with E-state index in [2.05, 4.69) is 68.7 Å². The average Bonchev–Trinajstić information content (AvgIpc) is 3.27. The molecule has 29 heavy (non-hydrogen) atoms. The van der Waals surface area contributed by atoms with Crippen LogP contribution in [-0.2, 0) is 23.2 Å². The van der Waals surface area contributed by atoms with Gasteiger partial charge in [-0.15, -0.1) is 24.8 Å². The fourth-order valence-electron chi connectivity index (χ4n) is 3.35. The summed E-state index contributed by atoms with van der Waals surface area (Å²) in [7, 11) is 0. The Hall–Kier alpha value is 1.25. The summed E-state index contributed by atoms with van der Waals surface area (Å²) in [4.78, 5) is 0. The van der Waals surface area contributed by atoms with Crippen LogP contribution in [0.4, 0.5) is 0 Å². The smallest absolute Gasteiger partial charge is 0.147 e. The van der Waals surface area contributed by atoms with Crippen LogP contribution in [0.3, 0.4) is 0 Å². The molecule has 0 unspecified atom stereocenters. The van der Waals surface area contributed by atoms with Gasteiger partial charge in [0.05, 0.1) is 0 Å². The molecular weight excluding hydrogens is 579 g/mol. The molecule has 0 spiro atoms. The van der Waals surface area contributed by atoms with E-state index < -0.39 is 23.2 Å². The predicted octanol–water partition coefficient (Wildman–Crippen LogP) is 7.37. The number of halogens is 2. The van der Waals surface area contributed by atoms with Gasteiger partial charge >= 0.3 is 198 Å². The van der Waals surface area contributed by atoms with Gasteiger partial charge in [-0.3, -0.25) is 0 Å². The molecule has 0 amide bonds. The van der Waals surface area contributed by atoms with Crippen molar-refractivity contribution in [3.05, 3.63) is 42.0 Å². The first-order valence-corrected chi connectivity index (χ1v) is 16.2. The number of unbranched alkanes of at least 4 members (excludes halogenated alkanes) is 2. The first kappa shape index (κ1) is 32.4. The number of hydrogen-bond acceptors (Lipinski definition) is 1. The van der Waals surface area contributed by atoms with Crippen molar-refractivity contribution < 1.29 is 23.2 Å². The minimum Gasteiger partial charge on any atom is -0.147 e. The summed E-state index contributed by atoms with van der Waals surface area (Å²) in [6.45, 7) is 13.6. The van der Waals surface area contributed by atoms with E-state index in [0.717, 1.165) is 12.1 Å². The van der Waals surface area contributed by atoms with Crippen molar-refractivity contribution in [1.82, 2.24) is 2.89 Å². The second kappa shape index (κ2) is 18.8. The first-order chi connectivity index (χ1) is 12.9. The quantitative estimate of drug-likeness (QED) is 0.246. The molecule has 2 aliphatic carbocycles. The molecular formula is C24H44Cl2InNZr. The summed E-state index contributed by atoms with van der Waals surface area (Å²) >= 11 is 0.239. The molecule has 0 aromatic carbocycles. The van der Waals surface area contributed by atoms with E-state index in [9.17, 15) is 0 Å². The molecule has 0 aromatic rings. The fourth-order valence-corrected chi connectivity index (χ4v) is 7.14. The second-order valence-corrected chi connectivity index (χ2v) is 14.9. The summed E-state index contributed by atoms with van der Waals surface area (Å²) < 4.78 is 6.27. The van der Waals surface area contributed by atoms with Gasteiger partial charge in [0, 0.05) is 0 Å². The van der Waals surface area contributed by atoms with Gasteiger partial charge in [0.2, 0.25) is 0 Å². The van der Waals surface area contributed by atoms with Crippen LogP contribution in [0.5, 0.6) is 0 Å². The van der Waals surface area contributed by atoms with Crippen LogP contribution in [0.1, 0.15) is 92.9 Å². The topological polar surface area (TPSA) is 3.24 Å². The normalized spacial score (nSPS) is 15.1. The van der Waals surface area contributed by atoms with E-state index in [1.807, 2.05) is 6.56 Å². The molecule has 0 saturated heterocycles. The van der Waals surface area contributed by atoms with Crippen molar-refractivity contribution in [2.24, 2.45) is 0 Å². The van der Waals surface area contributed by atoms with Gasteiger partial charge in [0.15, 0.2) is 0 Å². The van der Waals surface area contributed by atoms with Gasteiger partial charge in [-0.05, 0) is 0 Å². The zero-order chi connectivity index (χ0) is 20.2. The molecule has 0 atom stereocenters. The summed E-state index contributed by atoms with van der Waals surface area (Å²) in [5.74, 6) is 0. The van der Waals surface area contributed by atoms with Crippen molar-refractivity contribution in [3.63, 3.8) is 0 Å². The molecule has 2 aliphatic rings. The minimum atomic E-state index is -0.463. The number of nitrogens with zero attached hydrogens (tertiary/aromatic N) is 1. The van der Waals surface area contributed by atoms with Crippen LogP contribution in [0, 0.1) is 0 Å². The van der Waals surface area contributed by atoms with E-state index in [4.69, 9.17) is 0 Å². The van der Waals surface area contributed by atoms with Crippen molar-refractivity contribution in [2.75, 3.05) is 0 Å². The molecule has 0 aliphatic heterocycles. The Labute approximate surface area is 220 Å². The summed E-state index contributed by atoms with van der Waals surface area (Å²) in [6, 6.07) is 1.54. The molecule has 2 rings (SSSR count). The van der Waals surface area contributed by atoms with Crippen LogP contribution in [-0.4, -0.2) is 39.6 Å². The number of allylic oxidation sites excluding steroid dienone is 8. The van der Waals surface area contributed by atoms with E-state index in [0.29, 0.717) is 24.7 Å². The van der Waals surface area contributed by atoms with Crippen LogP contribution in [0.2, 0.25) is 0 Å². The Morgan fingerprint density at radius 3 is 1.48 bits per heavy atom.